The molecule has 0 spiro atoms. The largest absolute Gasteiger partial charge is 0.480 e. The molecule has 0 saturated carbocycles. The molecule has 82 valence electrons. The zero-order chi connectivity index (χ0) is 11.6. The molecule has 0 saturated heterocycles. The summed E-state index contributed by atoms with van der Waals surface area (Å²) in [6, 6.07) is 0. The lowest BCUT2D eigenvalue weighted by atomic mass is 9.68. The Kier molecular flexibility index (Phi) is 3.86. The number of hydrogen-bond acceptors (Lipinski definition) is 2. The van der Waals surface area contributed by atoms with Crippen LogP contribution < -0.4 is 0 Å². The fraction of sp³-hybridized carbons (Fsp3) is 0.818. The predicted octanol–water partition coefficient (Wildman–Crippen LogP) is 2.35. The van der Waals surface area contributed by atoms with Gasteiger partial charge in [-0.3, -0.25) is 4.79 Å². The standard InChI is InChI=1S/C11H20O3/c1-8(2)11(7-12,9(13)14)6-10(3,4)5/h7-8H,6H2,1-5H3,(H,13,14). The average Bonchev–Trinajstić information content (AvgIpc) is 1.97. The van der Waals surface area contributed by atoms with E-state index in [-0.39, 0.29) is 11.3 Å². The van der Waals surface area contributed by atoms with Crippen molar-refractivity contribution in [3.8, 4) is 0 Å². The van der Waals surface area contributed by atoms with Gasteiger partial charge in [0.2, 0.25) is 0 Å². The second-order valence-corrected chi connectivity index (χ2v) is 5.36. The first-order valence-electron chi connectivity index (χ1n) is 4.85. The average molecular weight is 200 g/mol. The molecule has 1 unspecified atom stereocenters. The molecule has 0 radical (unpaired) electrons. The van der Waals surface area contributed by atoms with Crippen molar-refractivity contribution in [2.24, 2.45) is 16.7 Å². The maximum absolute atomic E-state index is 11.1. The summed E-state index contributed by atoms with van der Waals surface area (Å²) in [5.74, 6) is -1.20. The smallest absolute Gasteiger partial charge is 0.317 e. The van der Waals surface area contributed by atoms with Crippen LogP contribution in [-0.4, -0.2) is 17.4 Å². The maximum Gasteiger partial charge on any atom is 0.317 e. The van der Waals surface area contributed by atoms with Crippen molar-refractivity contribution in [3.05, 3.63) is 0 Å². The number of aliphatic carboxylic acids is 1. The quantitative estimate of drug-likeness (QED) is 0.560. The summed E-state index contributed by atoms with van der Waals surface area (Å²) in [6.07, 6.45) is 0.960. The van der Waals surface area contributed by atoms with Gasteiger partial charge in [0.15, 0.2) is 0 Å². The van der Waals surface area contributed by atoms with Crippen molar-refractivity contribution in [2.75, 3.05) is 0 Å². The zero-order valence-corrected chi connectivity index (χ0v) is 9.63. The van der Waals surface area contributed by atoms with Gasteiger partial charge in [-0.25, -0.2) is 0 Å². The molecule has 3 nitrogen and oxygen atoms in total. The highest BCUT2D eigenvalue weighted by Gasteiger charge is 2.44. The van der Waals surface area contributed by atoms with Crippen molar-refractivity contribution in [1.29, 1.82) is 0 Å². The van der Waals surface area contributed by atoms with Crippen molar-refractivity contribution in [1.82, 2.24) is 0 Å². The molecule has 0 rings (SSSR count). The summed E-state index contributed by atoms with van der Waals surface area (Å²) in [4.78, 5) is 22.1. The van der Waals surface area contributed by atoms with E-state index in [2.05, 4.69) is 0 Å². The molecule has 0 aromatic carbocycles. The van der Waals surface area contributed by atoms with Gasteiger partial charge in [0, 0.05) is 0 Å². The molecule has 1 N–H and O–H groups in total. The van der Waals surface area contributed by atoms with E-state index in [0.29, 0.717) is 12.7 Å². The maximum atomic E-state index is 11.1. The lowest BCUT2D eigenvalue weighted by Crippen LogP contribution is -2.41. The van der Waals surface area contributed by atoms with Crippen LogP contribution in [0.1, 0.15) is 41.0 Å². The second-order valence-electron chi connectivity index (χ2n) is 5.36. The van der Waals surface area contributed by atoms with Crippen LogP contribution in [0.2, 0.25) is 0 Å². The minimum atomic E-state index is -1.24. The Bertz CT molecular complexity index is 225. The fourth-order valence-corrected chi connectivity index (χ4v) is 1.63. The molecule has 1 atom stereocenters. The van der Waals surface area contributed by atoms with Crippen LogP contribution in [0.25, 0.3) is 0 Å². The van der Waals surface area contributed by atoms with E-state index < -0.39 is 11.4 Å². The highest BCUT2D eigenvalue weighted by atomic mass is 16.4. The van der Waals surface area contributed by atoms with Gasteiger partial charge in [0.05, 0.1) is 0 Å². The first kappa shape index (κ1) is 13.1. The summed E-state index contributed by atoms with van der Waals surface area (Å²) < 4.78 is 0. The molecule has 0 bridgehead atoms. The Labute approximate surface area is 85.5 Å². The lowest BCUT2D eigenvalue weighted by Gasteiger charge is -2.33. The molecule has 0 aromatic rings. The zero-order valence-electron chi connectivity index (χ0n) is 9.63. The third-order valence-electron chi connectivity index (χ3n) is 2.46. The van der Waals surface area contributed by atoms with Crippen LogP contribution in [0.3, 0.4) is 0 Å². The van der Waals surface area contributed by atoms with Gasteiger partial charge in [-0.1, -0.05) is 34.6 Å². The van der Waals surface area contributed by atoms with Gasteiger partial charge in [-0.05, 0) is 17.8 Å². The molecule has 3 heteroatoms. The van der Waals surface area contributed by atoms with E-state index in [1.807, 2.05) is 20.8 Å². The Balaban J connectivity index is 5.07. The van der Waals surface area contributed by atoms with E-state index in [9.17, 15) is 9.59 Å². The third-order valence-corrected chi connectivity index (χ3v) is 2.46. The molecular weight excluding hydrogens is 180 g/mol. The Morgan fingerprint density at radius 2 is 1.79 bits per heavy atom. The number of carboxylic acids is 1. The van der Waals surface area contributed by atoms with Gasteiger partial charge in [-0.2, -0.15) is 0 Å². The number of carboxylic acid groups (broad SMARTS) is 1. The van der Waals surface area contributed by atoms with Gasteiger partial charge in [-0.15, -0.1) is 0 Å². The van der Waals surface area contributed by atoms with E-state index in [1.54, 1.807) is 13.8 Å². The van der Waals surface area contributed by atoms with Gasteiger partial charge in [0.1, 0.15) is 11.7 Å². The first-order valence-corrected chi connectivity index (χ1v) is 4.85. The minimum absolute atomic E-state index is 0.163. The number of rotatable bonds is 4. The van der Waals surface area contributed by atoms with Gasteiger partial charge >= 0.3 is 5.97 Å². The van der Waals surface area contributed by atoms with Crippen LogP contribution in [0.4, 0.5) is 0 Å². The molecule has 0 aliphatic heterocycles. The molecule has 0 aliphatic rings. The molecule has 0 fully saturated rings. The third kappa shape index (κ3) is 2.82. The topological polar surface area (TPSA) is 54.4 Å². The Morgan fingerprint density at radius 3 is 1.86 bits per heavy atom. The monoisotopic (exact) mass is 200 g/mol. The number of aldehydes is 1. The predicted molar refractivity (Wildman–Crippen MR) is 55.0 cm³/mol. The summed E-state index contributed by atoms with van der Waals surface area (Å²) in [6.45, 7) is 9.37. The molecule has 0 heterocycles. The first-order chi connectivity index (χ1) is 6.15. The minimum Gasteiger partial charge on any atom is -0.480 e. The van der Waals surface area contributed by atoms with E-state index in [4.69, 9.17) is 5.11 Å². The van der Waals surface area contributed by atoms with Crippen LogP contribution in [0.5, 0.6) is 0 Å². The van der Waals surface area contributed by atoms with E-state index >= 15 is 0 Å². The van der Waals surface area contributed by atoms with E-state index in [1.165, 1.54) is 0 Å². The Hall–Kier alpha value is -0.860. The van der Waals surface area contributed by atoms with Crippen LogP contribution in [-0.2, 0) is 9.59 Å². The van der Waals surface area contributed by atoms with Crippen LogP contribution in [0.15, 0.2) is 0 Å². The number of hydrogen-bond donors (Lipinski definition) is 1. The SMILES string of the molecule is CC(C)C(C=O)(CC(C)(C)C)C(=O)O. The fourth-order valence-electron chi connectivity index (χ4n) is 1.63. The summed E-state index contributed by atoms with van der Waals surface area (Å²) in [5, 5.41) is 9.13. The van der Waals surface area contributed by atoms with Crippen molar-refractivity contribution < 1.29 is 14.7 Å². The van der Waals surface area contributed by atoms with Crippen molar-refractivity contribution in [3.63, 3.8) is 0 Å². The number of carbonyl (C=O) groups excluding carboxylic acids is 1. The molecule has 0 aliphatic carbocycles. The highest BCUT2D eigenvalue weighted by Crippen LogP contribution is 2.38. The van der Waals surface area contributed by atoms with Gasteiger partial charge < -0.3 is 9.90 Å². The lowest BCUT2D eigenvalue weighted by molar-refractivity contribution is -0.156. The highest BCUT2D eigenvalue weighted by molar-refractivity contribution is 5.92. The van der Waals surface area contributed by atoms with Crippen molar-refractivity contribution >= 4 is 12.3 Å². The summed E-state index contributed by atoms with van der Waals surface area (Å²) in [7, 11) is 0. The number of carbonyl (C=O) groups is 2. The molecule has 0 amide bonds. The summed E-state index contributed by atoms with van der Waals surface area (Å²) >= 11 is 0. The molecular formula is C11H20O3. The van der Waals surface area contributed by atoms with E-state index in [0.717, 1.165) is 0 Å². The van der Waals surface area contributed by atoms with Crippen LogP contribution in [0, 0.1) is 16.7 Å². The van der Waals surface area contributed by atoms with Crippen LogP contribution >= 0.6 is 0 Å². The van der Waals surface area contributed by atoms with Crippen molar-refractivity contribution in [2.45, 2.75) is 41.0 Å². The van der Waals surface area contributed by atoms with Gasteiger partial charge in [0.25, 0.3) is 0 Å². The second kappa shape index (κ2) is 4.11. The molecule has 14 heavy (non-hydrogen) atoms. The normalized spacial score (nSPS) is 16.4. The summed E-state index contributed by atoms with van der Waals surface area (Å²) in [5.41, 5.74) is -1.40. The molecule has 0 aromatic heterocycles. The Morgan fingerprint density at radius 1 is 1.36 bits per heavy atom.